The Morgan fingerprint density at radius 3 is 2.39 bits per heavy atom. The Hall–Kier alpha value is -3.65. The van der Waals surface area contributed by atoms with Crippen LogP contribution in [0.15, 0.2) is 78.0 Å². The number of carbonyl (C=O) groups is 1. The first kappa shape index (κ1) is 22.5. The fraction of sp³-hybridized carbons (Fsp3) is 0.200. The van der Waals surface area contributed by atoms with E-state index in [1.807, 2.05) is 49.5 Å². The van der Waals surface area contributed by atoms with E-state index in [4.69, 9.17) is 0 Å². The molecule has 3 aromatic carbocycles. The van der Waals surface area contributed by atoms with E-state index in [9.17, 15) is 13.2 Å². The maximum Gasteiger partial charge on any atom is 0.251 e. The number of nitrogens with zero attached hydrogens (tertiary/aromatic N) is 3. The largest absolute Gasteiger partial charge is 0.377 e. The summed E-state index contributed by atoms with van der Waals surface area (Å²) in [7, 11) is 1.97. The van der Waals surface area contributed by atoms with Crippen LogP contribution in [0.25, 0.3) is 16.5 Å². The summed E-state index contributed by atoms with van der Waals surface area (Å²) in [5.41, 5.74) is 3.16. The summed E-state index contributed by atoms with van der Waals surface area (Å²) in [6, 6.07) is 18.2. The Bertz CT molecular complexity index is 1410. The molecule has 33 heavy (non-hydrogen) atoms. The monoisotopic (exact) mass is 462 g/mol. The number of amides is 1. The first-order valence-electron chi connectivity index (χ1n) is 10.6. The molecule has 4 rings (SSSR count). The third-order valence-electron chi connectivity index (χ3n) is 5.59. The van der Waals surface area contributed by atoms with Crippen LogP contribution in [-0.2, 0) is 16.3 Å². The highest BCUT2D eigenvalue weighted by Gasteiger charge is 2.19. The second kappa shape index (κ2) is 9.07. The molecule has 7 nitrogen and oxygen atoms in total. The molecule has 8 heteroatoms. The van der Waals surface area contributed by atoms with Gasteiger partial charge in [-0.2, -0.15) is 5.10 Å². The summed E-state index contributed by atoms with van der Waals surface area (Å²) < 4.78 is 28.1. The van der Waals surface area contributed by atoms with Crippen molar-refractivity contribution in [3.05, 3.63) is 84.2 Å². The first-order valence-corrected chi connectivity index (χ1v) is 12.2. The molecule has 0 atom stereocenters. The van der Waals surface area contributed by atoms with Crippen LogP contribution in [0.1, 0.15) is 15.9 Å². The van der Waals surface area contributed by atoms with E-state index >= 15 is 0 Å². The van der Waals surface area contributed by atoms with Gasteiger partial charge in [0.1, 0.15) is 0 Å². The van der Waals surface area contributed by atoms with Crippen LogP contribution in [-0.4, -0.2) is 51.0 Å². The van der Waals surface area contributed by atoms with Crippen molar-refractivity contribution in [2.75, 3.05) is 31.8 Å². The highest BCUT2D eigenvalue weighted by Crippen LogP contribution is 2.30. The molecular formula is C25H26N4O3S. The zero-order valence-electron chi connectivity index (χ0n) is 18.8. The predicted octanol–water partition coefficient (Wildman–Crippen LogP) is 3.47. The third kappa shape index (κ3) is 4.61. The Morgan fingerprint density at radius 1 is 1.00 bits per heavy atom. The lowest BCUT2D eigenvalue weighted by molar-refractivity contribution is 0.0963. The summed E-state index contributed by atoms with van der Waals surface area (Å²) >= 11 is 0. The van der Waals surface area contributed by atoms with Crippen LogP contribution in [0.4, 0.5) is 5.69 Å². The number of anilines is 1. The molecule has 1 aromatic heterocycles. The van der Waals surface area contributed by atoms with Gasteiger partial charge in [-0.3, -0.25) is 4.79 Å². The van der Waals surface area contributed by atoms with Gasteiger partial charge < -0.3 is 10.2 Å². The zero-order valence-corrected chi connectivity index (χ0v) is 19.6. The van der Waals surface area contributed by atoms with Gasteiger partial charge in [-0.1, -0.05) is 24.3 Å². The number of nitrogens with one attached hydrogen (secondary N) is 1. The van der Waals surface area contributed by atoms with E-state index in [0.29, 0.717) is 16.9 Å². The zero-order chi connectivity index (χ0) is 23.6. The van der Waals surface area contributed by atoms with Crippen molar-refractivity contribution in [1.82, 2.24) is 15.1 Å². The van der Waals surface area contributed by atoms with Gasteiger partial charge in [0, 0.05) is 49.4 Å². The molecule has 170 valence electrons. The number of hydrogen-bond acceptors (Lipinski definition) is 5. The maximum atomic E-state index is 13.2. The number of aryl methyl sites for hydroxylation is 1. The number of hydrogen-bond donors (Lipinski definition) is 1. The number of benzene rings is 3. The van der Waals surface area contributed by atoms with Crippen LogP contribution in [0.2, 0.25) is 0 Å². The van der Waals surface area contributed by atoms with Gasteiger partial charge in [0.05, 0.1) is 22.5 Å². The van der Waals surface area contributed by atoms with E-state index in [2.05, 4.69) is 10.4 Å². The number of sulfone groups is 1. The van der Waals surface area contributed by atoms with E-state index in [0.717, 1.165) is 27.7 Å². The summed E-state index contributed by atoms with van der Waals surface area (Å²) in [4.78, 5) is 14.0. The number of rotatable bonds is 7. The highest BCUT2D eigenvalue weighted by molar-refractivity contribution is 7.91. The SMILES string of the molecule is CNC(=O)c1ccc(-n2cc(CCS(=O)(=O)c3cccc4c(N(C)C)cccc34)cn2)cc1. The summed E-state index contributed by atoms with van der Waals surface area (Å²) in [6.07, 6.45) is 3.84. The number of fused-ring (bicyclic) bond motifs is 1. The summed E-state index contributed by atoms with van der Waals surface area (Å²) in [6.45, 7) is 0. The molecule has 0 fully saturated rings. The Morgan fingerprint density at radius 2 is 1.70 bits per heavy atom. The molecule has 0 spiro atoms. The topological polar surface area (TPSA) is 84.3 Å². The van der Waals surface area contributed by atoms with Crippen LogP contribution in [0.3, 0.4) is 0 Å². The van der Waals surface area contributed by atoms with E-state index in [-0.39, 0.29) is 11.7 Å². The second-order valence-electron chi connectivity index (χ2n) is 8.01. The third-order valence-corrected chi connectivity index (χ3v) is 7.36. The molecule has 0 saturated heterocycles. The number of aromatic nitrogens is 2. The first-order chi connectivity index (χ1) is 15.8. The highest BCUT2D eigenvalue weighted by atomic mass is 32.2. The molecule has 1 heterocycles. The van der Waals surface area contributed by atoms with Gasteiger partial charge in [0.25, 0.3) is 5.91 Å². The van der Waals surface area contributed by atoms with Gasteiger partial charge in [-0.25, -0.2) is 13.1 Å². The second-order valence-corrected chi connectivity index (χ2v) is 10.1. The molecule has 0 aliphatic rings. The average Bonchev–Trinajstić information content (AvgIpc) is 3.30. The molecule has 0 bridgehead atoms. The Labute approximate surface area is 193 Å². The lowest BCUT2D eigenvalue weighted by Gasteiger charge is -2.17. The van der Waals surface area contributed by atoms with E-state index in [1.165, 1.54) is 0 Å². The smallest absolute Gasteiger partial charge is 0.251 e. The molecular weight excluding hydrogens is 436 g/mol. The molecule has 0 unspecified atom stereocenters. The van der Waals surface area contributed by atoms with Crippen LogP contribution in [0.5, 0.6) is 0 Å². The number of carbonyl (C=O) groups excluding carboxylic acids is 1. The standard InChI is InChI=1S/C25H26N4O3S/c1-26-25(30)19-10-12-20(13-11-19)29-17-18(16-27-29)14-15-33(31,32)24-9-5-6-21-22(24)7-4-8-23(21)28(2)3/h4-13,16-17H,14-15H2,1-3H3,(H,26,30). The fourth-order valence-electron chi connectivity index (χ4n) is 3.83. The van der Waals surface area contributed by atoms with Gasteiger partial charge >= 0.3 is 0 Å². The van der Waals surface area contributed by atoms with Crippen molar-refractivity contribution in [1.29, 1.82) is 0 Å². The lowest BCUT2D eigenvalue weighted by Crippen LogP contribution is -2.17. The van der Waals surface area contributed by atoms with Gasteiger partial charge in [-0.05, 0) is 48.4 Å². The molecule has 1 amide bonds. The fourth-order valence-corrected chi connectivity index (χ4v) is 5.35. The molecule has 1 N–H and O–H groups in total. The Balaban J connectivity index is 1.54. The van der Waals surface area contributed by atoms with Crippen molar-refractivity contribution in [2.24, 2.45) is 0 Å². The molecule has 0 saturated carbocycles. The summed E-state index contributed by atoms with van der Waals surface area (Å²) in [5, 5.41) is 8.58. The lowest BCUT2D eigenvalue weighted by atomic mass is 10.1. The molecule has 0 radical (unpaired) electrons. The predicted molar refractivity (Wildman–Crippen MR) is 131 cm³/mol. The van der Waals surface area contributed by atoms with Crippen LogP contribution < -0.4 is 10.2 Å². The van der Waals surface area contributed by atoms with Crippen molar-refractivity contribution in [3.8, 4) is 5.69 Å². The van der Waals surface area contributed by atoms with Gasteiger partial charge in [0.15, 0.2) is 9.84 Å². The maximum absolute atomic E-state index is 13.2. The van der Waals surface area contributed by atoms with Crippen molar-refractivity contribution >= 4 is 32.2 Å². The summed E-state index contributed by atoms with van der Waals surface area (Å²) in [5.74, 6) is -0.168. The minimum atomic E-state index is -3.50. The van der Waals surface area contributed by atoms with Gasteiger partial charge in [-0.15, -0.1) is 0 Å². The van der Waals surface area contributed by atoms with E-state index in [1.54, 1.807) is 54.3 Å². The quantitative estimate of drug-likeness (QED) is 0.455. The molecule has 4 aromatic rings. The normalized spacial score (nSPS) is 11.5. The van der Waals surface area contributed by atoms with Crippen molar-refractivity contribution in [2.45, 2.75) is 11.3 Å². The van der Waals surface area contributed by atoms with Crippen LogP contribution in [0, 0.1) is 0 Å². The van der Waals surface area contributed by atoms with Crippen LogP contribution >= 0.6 is 0 Å². The molecule has 0 aliphatic heterocycles. The Kier molecular flexibility index (Phi) is 6.20. The minimum Gasteiger partial charge on any atom is -0.377 e. The van der Waals surface area contributed by atoms with Crippen molar-refractivity contribution < 1.29 is 13.2 Å². The average molecular weight is 463 g/mol. The van der Waals surface area contributed by atoms with Gasteiger partial charge in [0.2, 0.25) is 0 Å². The molecule has 0 aliphatic carbocycles. The minimum absolute atomic E-state index is 0.0143. The van der Waals surface area contributed by atoms with Crippen molar-refractivity contribution in [3.63, 3.8) is 0 Å². The van der Waals surface area contributed by atoms with E-state index < -0.39 is 9.84 Å².